The van der Waals surface area contributed by atoms with Crippen LogP contribution in [0.25, 0.3) is 16.9 Å². The van der Waals surface area contributed by atoms with Gasteiger partial charge in [-0.15, -0.1) is 0 Å². The van der Waals surface area contributed by atoms with Crippen molar-refractivity contribution in [2.45, 2.75) is 6.92 Å². The predicted octanol–water partition coefficient (Wildman–Crippen LogP) is 2.96. The minimum absolute atomic E-state index is 0.0460. The SMILES string of the molecule is Cc1ccc(-n2nc(C(N)=O)cc2-c2ccc(C#N)c(F)c2)cc1. The topological polar surface area (TPSA) is 84.7 Å². The highest BCUT2D eigenvalue weighted by Gasteiger charge is 2.16. The number of nitriles is 1. The maximum atomic E-state index is 13.9. The molecule has 0 fully saturated rings. The van der Waals surface area contributed by atoms with Gasteiger partial charge in [-0.05, 0) is 37.3 Å². The van der Waals surface area contributed by atoms with E-state index in [1.807, 2.05) is 31.2 Å². The smallest absolute Gasteiger partial charge is 0.269 e. The normalized spacial score (nSPS) is 10.4. The third kappa shape index (κ3) is 2.75. The van der Waals surface area contributed by atoms with Crippen LogP contribution in [0.1, 0.15) is 21.6 Å². The van der Waals surface area contributed by atoms with Gasteiger partial charge in [-0.3, -0.25) is 4.79 Å². The van der Waals surface area contributed by atoms with E-state index >= 15 is 0 Å². The minimum atomic E-state index is -0.670. The maximum absolute atomic E-state index is 13.9. The number of nitrogens with two attached hydrogens (primary N) is 1. The molecule has 1 heterocycles. The second-order valence-corrected chi connectivity index (χ2v) is 5.33. The quantitative estimate of drug-likeness (QED) is 0.805. The monoisotopic (exact) mass is 320 g/mol. The zero-order chi connectivity index (χ0) is 17.3. The summed E-state index contributed by atoms with van der Waals surface area (Å²) >= 11 is 0. The van der Waals surface area contributed by atoms with Gasteiger partial charge in [0, 0.05) is 5.56 Å². The van der Waals surface area contributed by atoms with Crippen molar-refractivity contribution in [2.75, 3.05) is 0 Å². The number of halogens is 1. The number of aryl methyl sites for hydroxylation is 1. The predicted molar refractivity (Wildman–Crippen MR) is 86.9 cm³/mol. The van der Waals surface area contributed by atoms with Crippen LogP contribution in [0.5, 0.6) is 0 Å². The number of benzene rings is 2. The Morgan fingerprint density at radius 3 is 2.50 bits per heavy atom. The Kier molecular flexibility index (Phi) is 3.84. The molecule has 2 N–H and O–H groups in total. The fourth-order valence-electron chi connectivity index (χ4n) is 2.36. The largest absolute Gasteiger partial charge is 0.364 e. The van der Waals surface area contributed by atoms with Crippen molar-refractivity contribution in [1.82, 2.24) is 9.78 Å². The zero-order valence-electron chi connectivity index (χ0n) is 12.8. The lowest BCUT2D eigenvalue weighted by molar-refractivity contribution is 0.0995. The summed E-state index contributed by atoms with van der Waals surface area (Å²) in [7, 11) is 0. The molecule has 3 rings (SSSR count). The van der Waals surface area contributed by atoms with Gasteiger partial charge in [-0.25, -0.2) is 9.07 Å². The van der Waals surface area contributed by atoms with E-state index in [2.05, 4.69) is 5.10 Å². The summed E-state index contributed by atoms with van der Waals surface area (Å²) < 4.78 is 15.5. The molecule has 118 valence electrons. The fraction of sp³-hybridized carbons (Fsp3) is 0.0556. The number of nitrogens with zero attached hydrogens (tertiary/aromatic N) is 3. The Bertz CT molecular complexity index is 968. The lowest BCUT2D eigenvalue weighted by atomic mass is 10.1. The molecule has 0 bridgehead atoms. The van der Waals surface area contributed by atoms with Gasteiger partial charge in [0.05, 0.1) is 16.9 Å². The highest BCUT2D eigenvalue weighted by molar-refractivity contribution is 5.92. The summed E-state index contributed by atoms with van der Waals surface area (Å²) in [5.74, 6) is -1.30. The number of hydrogen-bond donors (Lipinski definition) is 1. The summed E-state index contributed by atoms with van der Waals surface area (Å²) in [6.07, 6.45) is 0. The first-order valence-corrected chi connectivity index (χ1v) is 7.16. The van der Waals surface area contributed by atoms with E-state index in [-0.39, 0.29) is 11.3 Å². The lowest BCUT2D eigenvalue weighted by Crippen LogP contribution is -2.12. The van der Waals surface area contributed by atoms with Crippen LogP contribution in [-0.2, 0) is 0 Å². The molecule has 0 aliphatic rings. The molecule has 0 saturated carbocycles. The van der Waals surface area contributed by atoms with Gasteiger partial charge >= 0.3 is 0 Å². The Morgan fingerprint density at radius 2 is 1.92 bits per heavy atom. The second-order valence-electron chi connectivity index (χ2n) is 5.33. The summed E-state index contributed by atoms with van der Waals surface area (Å²) in [6, 6.07) is 15.0. The van der Waals surface area contributed by atoms with Crippen LogP contribution >= 0.6 is 0 Å². The van der Waals surface area contributed by atoms with E-state index in [0.717, 1.165) is 5.56 Å². The van der Waals surface area contributed by atoms with Crippen LogP contribution in [-0.4, -0.2) is 15.7 Å². The van der Waals surface area contributed by atoms with E-state index < -0.39 is 11.7 Å². The Morgan fingerprint density at radius 1 is 1.21 bits per heavy atom. The molecule has 1 amide bonds. The molecular weight excluding hydrogens is 307 g/mol. The van der Waals surface area contributed by atoms with Crippen LogP contribution in [0.15, 0.2) is 48.5 Å². The molecule has 6 heteroatoms. The van der Waals surface area contributed by atoms with E-state index in [4.69, 9.17) is 11.0 Å². The van der Waals surface area contributed by atoms with Crippen LogP contribution in [0.2, 0.25) is 0 Å². The number of hydrogen-bond acceptors (Lipinski definition) is 3. The molecule has 0 spiro atoms. The van der Waals surface area contributed by atoms with E-state index in [1.165, 1.54) is 22.9 Å². The molecule has 2 aromatic carbocycles. The first-order chi connectivity index (χ1) is 11.5. The van der Waals surface area contributed by atoms with E-state index in [0.29, 0.717) is 16.9 Å². The van der Waals surface area contributed by atoms with Crippen molar-refractivity contribution >= 4 is 5.91 Å². The lowest BCUT2D eigenvalue weighted by Gasteiger charge is -2.08. The van der Waals surface area contributed by atoms with Crippen molar-refractivity contribution in [3.05, 3.63) is 71.2 Å². The molecule has 1 aromatic heterocycles. The van der Waals surface area contributed by atoms with Crippen LogP contribution in [0, 0.1) is 24.1 Å². The number of rotatable bonds is 3. The Hall–Kier alpha value is -3.46. The number of carbonyl (C=O) groups is 1. The second kappa shape index (κ2) is 5.97. The molecule has 24 heavy (non-hydrogen) atoms. The standard InChI is InChI=1S/C18H13FN4O/c1-11-2-6-14(7-3-11)23-17(9-16(22-23)18(21)24)12-4-5-13(10-20)15(19)8-12/h2-9H,1H3,(H2,21,24). The van der Waals surface area contributed by atoms with Crippen LogP contribution in [0.4, 0.5) is 4.39 Å². The van der Waals surface area contributed by atoms with Crippen molar-refractivity contribution in [3.8, 4) is 23.0 Å². The zero-order valence-corrected chi connectivity index (χ0v) is 12.8. The molecule has 0 aliphatic heterocycles. The summed E-state index contributed by atoms with van der Waals surface area (Å²) in [4.78, 5) is 11.5. The van der Waals surface area contributed by atoms with E-state index in [1.54, 1.807) is 12.1 Å². The maximum Gasteiger partial charge on any atom is 0.269 e. The number of aromatic nitrogens is 2. The number of amides is 1. The van der Waals surface area contributed by atoms with Gasteiger partial charge in [0.2, 0.25) is 0 Å². The molecule has 0 unspecified atom stereocenters. The summed E-state index contributed by atoms with van der Waals surface area (Å²) in [5.41, 5.74) is 8.15. The van der Waals surface area contributed by atoms with Gasteiger partial charge in [0.1, 0.15) is 11.9 Å². The van der Waals surface area contributed by atoms with Crippen LogP contribution < -0.4 is 5.73 Å². The van der Waals surface area contributed by atoms with Gasteiger partial charge in [-0.1, -0.05) is 23.8 Å². The van der Waals surface area contributed by atoms with Crippen molar-refractivity contribution in [3.63, 3.8) is 0 Å². The van der Waals surface area contributed by atoms with Crippen molar-refractivity contribution in [1.29, 1.82) is 5.26 Å². The van der Waals surface area contributed by atoms with Gasteiger partial charge in [-0.2, -0.15) is 10.4 Å². The number of carbonyl (C=O) groups excluding carboxylic acids is 1. The molecule has 0 radical (unpaired) electrons. The molecule has 3 aromatic rings. The van der Waals surface area contributed by atoms with Crippen LogP contribution in [0.3, 0.4) is 0 Å². The van der Waals surface area contributed by atoms with Gasteiger partial charge in [0.15, 0.2) is 5.69 Å². The summed E-state index contributed by atoms with van der Waals surface area (Å²) in [5, 5.41) is 13.1. The van der Waals surface area contributed by atoms with Crippen molar-refractivity contribution in [2.24, 2.45) is 5.73 Å². The fourth-order valence-corrected chi connectivity index (χ4v) is 2.36. The molecular formula is C18H13FN4O. The minimum Gasteiger partial charge on any atom is -0.364 e. The highest BCUT2D eigenvalue weighted by atomic mass is 19.1. The third-order valence-corrected chi connectivity index (χ3v) is 3.63. The summed E-state index contributed by atoms with van der Waals surface area (Å²) in [6.45, 7) is 1.96. The molecule has 0 aliphatic carbocycles. The number of primary amides is 1. The molecule has 5 nitrogen and oxygen atoms in total. The van der Waals surface area contributed by atoms with E-state index in [9.17, 15) is 9.18 Å². The molecule has 0 atom stereocenters. The average Bonchev–Trinajstić information content (AvgIpc) is 3.01. The Balaban J connectivity index is 2.19. The highest BCUT2D eigenvalue weighted by Crippen LogP contribution is 2.26. The average molecular weight is 320 g/mol. The Labute approximate surface area is 137 Å². The first kappa shape index (κ1) is 15.4. The van der Waals surface area contributed by atoms with Crippen molar-refractivity contribution < 1.29 is 9.18 Å². The third-order valence-electron chi connectivity index (χ3n) is 3.63. The first-order valence-electron chi connectivity index (χ1n) is 7.16. The molecule has 0 saturated heterocycles. The van der Waals surface area contributed by atoms with Gasteiger partial charge < -0.3 is 5.73 Å². The van der Waals surface area contributed by atoms with Gasteiger partial charge in [0.25, 0.3) is 5.91 Å².